The van der Waals surface area contributed by atoms with E-state index in [4.69, 9.17) is 18.5 Å². The van der Waals surface area contributed by atoms with Crippen molar-refractivity contribution in [3.05, 3.63) is 72.9 Å². The molecule has 0 radical (unpaired) electrons. The van der Waals surface area contributed by atoms with Gasteiger partial charge in [0.2, 0.25) is 0 Å². The molecule has 0 aliphatic carbocycles. The summed E-state index contributed by atoms with van der Waals surface area (Å²) < 4.78 is 34.8. The minimum atomic E-state index is -4.39. The fourth-order valence-electron chi connectivity index (χ4n) is 11.6. The Hall–Kier alpha value is -2.55. The van der Waals surface area contributed by atoms with Crippen LogP contribution in [0.5, 0.6) is 0 Å². The quantitative estimate of drug-likeness (QED) is 0.0211. The van der Waals surface area contributed by atoms with Gasteiger partial charge in [-0.05, 0) is 64.2 Å². The lowest BCUT2D eigenvalue weighted by Gasteiger charge is -2.24. The zero-order valence-corrected chi connectivity index (χ0v) is 61.7. The van der Waals surface area contributed by atoms with Crippen LogP contribution in [0.3, 0.4) is 0 Å². The van der Waals surface area contributed by atoms with E-state index in [0.29, 0.717) is 23.9 Å². The molecule has 10 heteroatoms. The first-order valence-electron chi connectivity index (χ1n) is 39.2. The SMILES string of the molecule is CC/C=C\C/C=C\C/C=C\C/C=C\C/C=C\C/C=C\CCCCCCCCCCCCCCCCCCCCCCCCC(=O)OC(COC(=O)CCCCCCCCCCCCCCCCCCCCCCCCCCCC)COP(=O)(O)OCC[N+](C)(C)C. The van der Waals surface area contributed by atoms with E-state index < -0.39 is 26.5 Å². The number of carbonyl (C=O) groups excluding carboxylic acids is 2. The van der Waals surface area contributed by atoms with Crippen molar-refractivity contribution in [2.24, 2.45) is 0 Å². The summed E-state index contributed by atoms with van der Waals surface area (Å²) >= 11 is 0. The van der Waals surface area contributed by atoms with Gasteiger partial charge in [-0.25, -0.2) is 4.57 Å². The molecule has 0 saturated heterocycles. The molecule has 2 unspecified atom stereocenters. The highest BCUT2D eigenvalue weighted by atomic mass is 31.2. The lowest BCUT2D eigenvalue weighted by atomic mass is 10.0. The van der Waals surface area contributed by atoms with E-state index in [9.17, 15) is 19.0 Å². The number of phosphoric ester groups is 1. The maximum atomic E-state index is 12.9. The number of quaternary nitrogens is 1. The fraction of sp³-hybridized carbons (Fsp3) is 0.827. The molecule has 0 amide bonds. The molecule has 0 aliphatic heterocycles. The summed E-state index contributed by atoms with van der Waals surface area (Å²) in [6.07, 6.45) is 97.6. The van der Waals surface area contributed by atoms with Gasteiger partial charge in [-0.15, -0.1) is 0 Å². The predicted octanol–water partition coefficient (Wildman–Crippen LogP) is 25.9. The molecule has 0 aromatic heterocycles. The van der Waals surface area contributed by atoms with Crippen molar-refractivity contribution >= 4 is 19.8 Å². The third-order valence-corrected chi connectivity index (χ3v) is 18.5. The molecule has 532 valence electrons. The van der Waals surface area contributed by atoms with E-state index in [1.807, 2.05) is 21.1 Å². The van der Waals surface area contributed by atoms with Crippen LogP contribution >= 0.6 is 7.82 Å². The molecule has 2 atom stereocenters. The second-order valence-electron chi connectivity index (χ2n) is 27.7. The molecule has 1 N–H and O–H groups in total. The minimum Gasteiger partial charge on any atom is -0.462 e. The van der Waals surface area contributed by atoms with Crippen molar-refractivity contribution in [2.75, 3.05) is 47.5 Å². The van der Waals surface area contributed by atoms with Crippen LogP contribution in [0.4, 0.5) is 0 Å². The van der Waals surface area contributed by atoms with Crippen molar-refractivity contribution in [3.8, 4) is 0 Å². The maximum absolute atomic E-state index is 12.9. The third kappa shape index (κ3) is 76.4. The van der Waals surface area contributed by atoms with Crippen LogP contribution in [0.1, 0.15) is 380 Å². The monoisotopic (exact) mass is 1300 g/mol. The van der Waals surface area contributed by atoms with Crippen LogP contribution < -0.4 is 0 Å². The van der Waals surface area contributed by atoms with Crippen molar-refractivity contribution in [2.45, 2.75) is 386 Å². The average molecular weight is 1300 g/mol. The standard InChI is InChI=1S/C81H150NO8P/c1-6-8-10-12-14-16-18-20-22-24-26-28-30-32-34-35-36-37-38-39-40-41-42-43-44-45-46-47-48-50-52-54-56-58-60-62-64-66-68-70-72-74-81(84)90-79(78-89-91(85,86)88-76-75-82(3,4)5)77-87-80(83)73-71-69-67-65-63-61-59-57-55-53-51-49-33-31-29-27-25-23-21-19-17-15-13-11-9-7-2/h8,10,14,16,20,22,26,28,32,34,36-37,79H,6-7,9,11-13,15,17-19,21,23-25,27,29-31,33,35,38-78H2,1-5H3/p+1/b10-8-,16-14-,22-20-,28-26-,34-32-,37-36-. The van der Waals surface area contributed by atoms with Gasteiger partial charge in [0.1, 0.15) is 19.8 Å². The molecular weight excluding hydrogens is 1150 g/mol. The smallest absolute Gasteiger partial charge is 0.462 e. The summed E-state index contributed by atoms with van der Waals surface area (Å²) in [7, 11) is 1.50. The number of unbranched alkanes of at least 4 members (excludes halogenated alkanes) is 47. The first-order chi connectivity index (χ1) is 44.5. The molecule has 0 aromatic carbocycles. The van der Waals surface area contributed by atoms with Crippen LogP contribution in [-0.4, -0.2) is 74.9 Å². The number of hydrogen-bond acceptors (Lipinski definition) is 7. The van der Waals surface area contributed by atoms with Gasteiger partial charge in [0.15, 0.2) is 6.10 Å². The molecule has 9 nitrogen and oxygen atoms in total. The van der Waals surface area contributed by atoms with Gasteiger partial charge in [0.05, 0.1) is 27.7 Å². The van der Waals surface area contributed by atoms with Gasteiger partial charge >= 0.3 is 19.8 Å². The van der Waals surface area contributed by atoms with E-state index >= 15 is 0 Å². The summed E-state index contributed by atoms with van der Waals surface area (Å²) in [4.78, 5) is 36.0. The number of nitrogens with zero attached hydrogens (tertiary/aromatic N) is 1. The van der Waals surface area contributed by atoms with E-state index in [1.54, 1.807) is 0 Å². The number of phosphoric acid groups is 1. The van der Waals surface area contributed by atoms with Gasteiger partial charge in [-0.1, -0.05) is 376 Å². The second-order valence-corrected chi connectivity index (χ2v) is 29.2. The molecule has 0 aliphatic rings. The van der Waals surface area contributed by atoms with Crippen molar-refractivity contribution in [1.29, 1.82) is 0 Å². The molecule has 0 bridgehead atoms. The highest BCUT2D eigenvalue weighted by Crippen LogP contribution is 2.43. The summed E-state index contributed by atoms with van der Waals surface area (Å²) in [6, 6.07) is 0. The van der Waals surface area contributed by atoms with Crippen molar-refractivity contribution in [3.63, 3.8) is 0 Å². The van der Waals surface area contributed by atoms with Gasteiger partial charge in [-0.3, -0.25) is 18.6 Å². The number of rotatable bonds is 73. The highest BCUT2D eigenvalue weighted by Gasteiger charge is 2.27. The Morgan fingerprint density at radius 3 is 0.934 bits per heavy atom. The van der Waals surface area contributed by atoms with Crippen LogP contribution in [-0.2, 0) is 32.7 Å². The zero-order valence-electron chi connectivity index (χ0n) is 60.8. The fourth-order valence-corrected chi connectivity index (χ4v) is 12.3. The number of esters is 2. The molecular formula is C81H151NO8P+. The zero-order chi connectivity index (χ0) is 66.2. The number of allylic oxidation sites excluding steroid dienone is 12. The van der Waals surface area contributed by atoms with Crippen molar-refractivity contribution < 1.29 is 42.1 Å². The topological polar surface area (TPSA) is 108 Å². The first kappa shape index (κ1) is 88.5. The number of ether oxygens (including phenoxy) is 2. The molecule has 0 heterocycles. The number of carbonyl (C=O) groups is 2. The first-order valence-corrected chi connectivity index (χ1v) is 40.7. The van der Waals surface area contributed by atoms with E-state index in [1.165, 1.54) is 276 Å². The van der Waals surface area contributed by atoms with Gasteiger partial charge in [0.25, 0.3) is 0 Å². The normalized spacial score (nSPS) is 13.4. The van der Waals surface area contributed by atoms with Crippen LogP contribution in [0, 0.1) is 0 Å². The highest BCUT2D eigenvalue weighted by molar-refractivity contribution is 7.47. The third-order valence-electron chi connectivity index (χ3n) is 17.5. The van der Waals surface area contributed by atoms with Crippen molar-refractivity contribution in [1.82, 2.24) is 0 Å². The predicted molar refractivity (Wildman–Crippen MR) is 395 cm³/mol. The van der Waals surface area contributed by atoms with E-state index in [-0.39, 0.29) is 25.6 Å². The van der Waals surface area contributed by atoms with Crippen LogP contribution in [0.2, 0.25) is 0 Å². The number of likely N-dealkylation sites (N-methyl/N-ethyl adjacent to an activating group) is 1. The van der Waals surface area contributed by atoms with Gasteiger partial charge in [-0.2, -0.15) is 0 Å². The summed E-state index contributed by atoms with van der Waals surface area (Å²) in [5, 5.41) is 0. The summed E-state index contributed by atoms with van der Waals surface area (Å²) in [5.41, 5.74) is 0. The molecule has 0 rings (SSSR count). The van der Waals surface area contributed by atoms with E-state index in [0.717, 1.165) is 70.6 Å². The Balaban J connectivity index is 3.91. The van der Waals surface area contributed by atoms with Gasteiger partial charge < -0.3 is 18.9 Å². The Morgan fingerprint density at radius 1 is 0.352 bits per heavy atom. The molecule has 0 saturated carbocycles. The Labute approximate surface area is 565 Å². The molecule has 0 aromatic rings. The Kier molecular flexibility index (Phi) is 69.7. The maximum Gasteiger partial charge on any atom is 0.472 e. The molecule has 0 fully saturated rings. The van der Waals surface area contributed by atoms with Crippen LogP contribution in [0.15, 0.2) is 72.9 Å². The Morgan fingerprint density at radius 2 is 0.626 bits per heavy atom. The minimum absolute atomic E-state index is 0.0341. The van der Waals surface area contributed by atoms with Crippen LogP contribution in [0.25, 0.3) is 0 Å². The second kappa shape index (κ2) is 71.7. The lowest BCUT2D eigenvalue weighted by Crippen LogP contribution is -2.37. The van der Waals surface area contributed by atoms with E-state index in [2.05, 4.69) is 86.8 Å². The van der Waals surface area contributed by atoms with Gasteiger partial charge in [0, 0.05) is 12.8 Å². The summed E-state index contributed by atoms with van der Waals surface area (Å²) in [6.45, 7) is 4.39. The molecule has 0 spiro atoms. The number of hydrogen-bond donors (Lipinski definition) is 1. The lowest BCUT2D eigenvalue weighted by molar-refractivity contribution is -0.870. The largest absolute Gasteiger partial charge is 0.472 e. The average Bonchev–Trinajstić information content (AvgIpc) is 3.69. The Bertz CT molecular complexity index is 1770. The molecule has 91 heavy (non-hydrogen) atoms. The summed E-state index contributed by atoms with van der Waals surface area (Å²) in [5.74, 6) is -0.774.